The predicted molar refractivity (Wildman–Crippen MR) is 84.0 cm³/mol. The van der Waals surface area contributed by atoms with Crippen molar-refractivity contribution in [1.29, 1.82) is 0 Å². The number of nitrogens with two attached hydrogens (primary N) is 1. The van der Waals surface area contributed by atoms with Gasteiger partial charge in [0.25, 0.3) is 0 Å². The third kappa shape index (κ3) is 3.74. The molecule has 106 valence electrons. The van der Waals surface area contributed by atoms with Crippen molar-refractivity contribution >= 4 is 15.9 Å². The molecule has 2 aromatic rings. The maximum absolute atomic E-state index is 5.92. The quantitative estimate of drug-likeness (QED) is 0.870. The van der Waals surface area contributed by atoms with Crippen molar-refractivity contribution in [2.75, 3.05) is 6.61 Å². The zero-order valence-corrected chi connectivity index (χ0v) is 13.0. The van der Waals surface area contributed by atoms with E-state index in [-0.39, 0.29) is 0 Å². The first kappa shape index (κ1) is 14.9. The Balaban J connectivity index is 2.16. The van der Waals surface area contributed by atoms with E-state index in [1.165, 1.54) is 0 Å². The number of ether oxygens (including phenoxy) is 2. The first-order valence-corrected chi connectivity index (χ1v) is 7.36. The molecule has 0 unspecified atom stereocenters. The Hall–Kier alpha value is -1.52. The summed E-state index contributed by atoms with van der Waals surface area (Å²) >= 11 is 3.42. The molecule has 2 aromatic carbocycles. The molecule has 0 aromatic heterocycles. The summed E-state index contributed by atoms with van der Waals surface area (Å²) in [7, 11) is 0. The van der Waals surface area contributed by atoms with Crippen LogP contribution in [0.1, 0.15) is 18.1 Å². The van der Waals surface area contributed by atoms with Crippen LogP contribution in [0.25, 0.3) is 0 Å². The fraction of sp³-hybridized carbons (Fsp3) is 0.250. The molecule has 2 rings (SSSR count). The molecule has 0 aliphatic rings. The van der Waals surface area contributed by atoms with Gasteiger partial charge >= 0.3 is 0 Å². The average Bonchev–Trinajstić information content (AvgIpc) is 2.47. The standard InChI is InChI=1S/C16H18BrNO2/c1-2-19-15-5-3-4-13(10-18)16(15)20-11-12-6-8-14(17)9-7-12/h3-9H,2,10-11,18H2,1H3. The molecule has 0 aliphatic heterocycles. The van der Waals surface area contributed by atoms with Gasteiger partial charge in [-0.25, -0.2) is 0 Å². The predicted octanol–water partition coefficient (Wildman–Crippen LogP) is 3.89. The Kier molecular flexibility index (Phi) is 5.44. The normalized spacial score (nSPS) is 10.3. The lowest BCUT2D eigenvalue weighted by Gasteiger charge is -2.15. The van der Waals surface area contributed by atoms with E-state index in [9.17, 15) is 0 Å². The SMILES string of the molecule is CCOc1cccc(CN)c1OCc1ccc(Br)cc1. The highest BCUT2D eigenvalue weighted by Crippen LogP contribution is 2.32. The molecule has 0 atom stereocenters. The summed E-state index contributed by atoms with van der Waals surface area (Å²) in [6, 6.07) is 13.8. The van der Waals surface area contributed by atoms with Crippen LogP contribution in [0.15, 0.2) is 46.9 Å². The van der Waals surface area contributed by atoms with Gasteiger partial charge in [-0.2, -0.15) is 0 Å². The molecular weight excluding hydrogens is 318 g/mol. The molecule has 0 heterocycles. The van der Waals surface area contributed by atoms with Gasteiger partial charge in [-0.1, -0.05) is 40.2 Å². The maximum atomic E-state index is 5.92. The van der Waals surface area contributed by atoms with Crippen molar-refractivity contribution in [3.05, 3.63) is 58.1 Å². The molecule has 0 saturated carbocycles. The van der Waals surface area contributed by atoms with E-state index >= 15 is 0 Å². The van der Waals surface area contributed by atoms with Crippen LogP contribution in [-0.2, 0) is 13.2 Å². The molecule has 0 amide bonds. The van der Waals surface area contributed by atoms with Crippen molar-refractivity contribution in [3.63, 3.8) is 0 Å². The summed E-state index contributed by atoms with van der Waals surface area (Å²) in [5.74, 6) is 1.48. The first-order valence-electron chi connectivity index (χ1n) is 6.56. The number of benzene rings is 2. The molecule has 0 fully saturated rings. The highest BCUT2D eigenvalue weighted by Gasteiger charge is 2.10. The van der Waals surface area contributed by atoms with Crippen molar-refractivity contribution in [2.24, 2.45) is 5.73 Å². The summed E-state index contributed by atoms with van der Waals surface area (Å²) in [5.41, 5.74) is 7.81. The van der Waals surface area contributed by atoms with Gasteiger partial charge in [0.15, 0.2) is 11.5 Å². The zero-order valence-electron chi connectivity index (χ0n) is 11.4. The van der Waals surface area contributed by atoms with E-state index in [1.54, 1.807) is 0 Å². The van der Waals surface area contributed by atoms with E-state index in [1.807, 2.05) is 49.4 Å². The lowest BCUT2D eigenvalue weighted by molar-refractivity contribution is 0.266. The molecule has 4 heteroatoms. The largest absolute Gasteiger partial charge is 0.490 e. The Bertz CT molecular complexity index is 555. The highest BCUT2D eigenvalue weighted by atomic mass is 79.9. The molecule has 3 nitrogen and oxygen atoms in total. The first-order chi connectivity index (χ1) is 9.74. The van der Waals surface area contributed by atoms with Crippen LogP contribution < -0.4 is 15.2 Å². The lowest BCUT2D eigenvalue weighted by Crippen LogP contribution is -2.05. The van der Waals surface area contributed by atoms with Crippen LogP contribution in [0.4, 0.5) is 0 Å². The summed E-state index contributed by atoms with van der Waals surface area (Å²) in [4.78, 5) is 0. The third-order valence-electron chi connectivity index (χ3n) is 2.88. The molecule has 0 spiro atoms. The molecule has 0 radical (unpaired) electrons. The van der Waals surface area contributed by atoms with Gasteiger partial charge in [0.05, 0.1) is 6.61 Å². The monoisotopic (exact) mass is 335 g/mol. The second-order valence-electron chi connectivity index (χ2n) is 4.30. The summed E-state index contributed by atoms with van der Waals surface area (Å²) in [6.07, 6.45) is 0. The second kappa shape index (κ2) is 7.31. The van der Waals surface area contributed by atoms with Crippen LogP contribution >= 0.6 is 15.9 Å². The lowest BCUT2D eigenvalue weighted by atomic mass is 10.2. The molecule has 20 heavy (non-hydrogen) atoms. The smallest absolute Gasteiger partial charge is 0.166 e. The molecule has 0 saturated heterocycles. The number of hydrogen-bond donors (Lipinski definition) is 1. The Morgan fingerprint density at radius 2 is 1.80 bits per heavy atom. The van der Waals surface area contributed by atoms with E-state index in [0.29, 0.717) is 19.8 Å². The summed E-state index contributed by atoms with van der Waals surface area (Å²) in [5, 5.41) is 0. The van der Waals surface area contributed by atoms with Crippen molar-refractivity contribution in [3.8, 4) is 11.5 Å². The minimum atomic E-state index is 0.427. The van der Waals surface area contributed by atoms with E-state index in [0.717, 1.165) is 27.1 Å². The van der Waals surface area contributed by atoms with Crippen LogP contribution in [0.3, 0.4) is 0 Å². The fourth-order valence-corrected chi connectivity index (χ4v) is 2.16. The van der Waals surface area contributed by atoms with Crippen LogP contribution in [-0.4, -0.2) is 6.61 Å². The Labute approximate surface area is 127 Å². The van der Waals surface area contributed by atoms with Gasteiger partial charge in [-0.3, -0.25) is 0 Å². The number of halogens is 1. The Morgan fingerprint density at radius 1 is 1.05 bits per heavy atom. The third-order valence-corrected chi connectivity index (χ3v) is 3.41. The van der Waals surface area contributed by atoms with E-state index in [2.05, 4.69) is 15.9 Å². The van der Waals surface area contributed by atoms with Crippen LogP contribution in [0.2, 0.25) is 0 Å². The van der Waals surface area contributed by atoms with E-state index < -0.39 is 0 Å². The zero-order chi connectivity index (χ0) is 14.4. The molecular formula is C16H18BrNO2. The van der Waals surface area contributed by atoms with Gasteiger partial charge in [0.1, 0.15) is 6.61 Å². The highest BCUT2D eigenvalue weighted by molar-refractivity contribution is 9.10. The molecule has 0 aliphatic carbocycles. The van der Waals surface area contributed by atoms with Gasteiger partial charge in [-0.15, -0.1) is 0 Å². The van der Waals surface area contributed by atoms with Crippen LogP contribution in [0.5, 0.6) is 11.5 Å². The Morgan fingerprint density at radius 3 is 2.45 bits per heavy atom. The number of rotatable bonds is 6. The van der Waals surface area contributed by atoms with Gasteiger partial charge in [0, 0.05) is 16.6 Å². The van der Waals surface area contributed by atoms with Crippen molar-refractivity contribution in [1.82, 2.24) is 0 Å². The number of hydrogen-bond acceptors (Lipinski definition) is 3. The topological polar surface area (TPSA) is 44.5 Å². The van der Waals surface area contributed by atoms with Gasteiger partial charge in [-0.05, 0) is 30.7 Å². The summed E-state index contributed by atoms with van der Waals surface area (Å²) < 4.78 is 12.6. The number of para-hydroxylation sites is 1. The fourth-order valence-electron chi connectivity index (χ4n) is 1.89. The van der Waals surface area contributed by atoms with Crippen LogP contribution in [0, 0.1) is 0 Å². The minimum absolute atomic E-state index is 0.427. The second-order valence-corrected chi connectivity index (χ2v) is 5.21. The van der Waals surface area contributed by atoms with Crippen molar-refractivity contribution < 1.29 is 9.47 Å². The molecule has 2 N–H and O–H groups in total. The van der Waals surface area contributed by atoms with E-state index in [4.69, 9.17) is 15.2 Å². The van der Waals surface area contributed by atoms with Crippen molar-refractivity contribution in [2.45, 2.75) is 20.1 Å². The minimum Gasteiger partial charge on any atom is -0.490 e. The molecule has 0 bridgehead atoms. The van der Waals surface area contributed by atoms with Gasteiger partial charge < -0.3 is 15.2 Å². The average molecular weight is 336 g/mol. The maximum Gasteiger partial charge on any atom is 0.166 e. The van der Waals surface area contributed by atoms with Gasteiger partial charge in [0.2, 0.25) is 0 Å². The summed E-state index contributed by atoms with van der Waals surface area (Å²) in [6.45, 7) is 3.47.